The monoisotopic (exact) mass is 252 g/mol. The van der Waals surface area contributed by atoms with Gasteiger partial charge in [-0.15, -0.1) is 0 Å². The summed E-state index contributed by atoms with van der Waals surface area (Å²) in [5.74, 6) is 2.11. The number of nitrogens with one attached hydrogen (secondary N) is 1. The molecule has 0 aromatic carbocycles. The van der Waals surface area contributed by atoms with Crippen LogP contribution in [0.4, 0.5) is 5.82 Å². The van der Waals surface area contributed by atoms with E-state index in [-0.39, 0.29) is 5.41 Å². The Kier molecular flexibility index (Phi) is 4.90. The van der Waals surface area contributed by atoms with Crippen LogP contribution in [0.3, 0.4) is 0 Å². The van der Waals surface area contributed by atoms with E-state index in [1.807, 2.05) is 13.0 Å². The molecule has 102 valence electrons. The van der Waals surface area contributed by atoms with Crippen molar-refractivity contribution in [2.24, 2.45) is 5.41 Å². The number of methoxy groups -OCH3 is 1. The number of ether oxygens (including phenoxy) is 1. The molecule has 0 aliphatic rings. The van der Waals surface area contributed by atoms with Crippen LogP contribution in [0.1, 0.15) is 19.7 Å². The highest BCUT2D eigenvalue weighted by molar-refractivity contribution is 5.38. The van der Waals surface area contributed by atoms with Crippen molar-refractivity contribution in [2.45, 2.75) is 20.8 Å². The molecule has 0 unspecified atom stereocenters. The molecule has 0 aliphatic carbocycles. The van der Waals surface area contributed by atoms with Gasteiger partial charge in [-0.1, -0.05) is 13.8 Å². The molecule has 0 amide bonds. The Morgan fingerprint density at radius 1 is 1.33 bits per heavy atom. The molecule has 1 heterocycles. The summed E-state index contributed by atoms with van der Waals surface area (Å²) in [6.45, 7) is 8.18. The van der Waals surface area contributed by atoms with Crippen LogP contribution in [0.15, 0.2) is 6.07 Å². The van der Waals surface area contributed by atoms with Crippen LogP contribution < -0.4 is 10.1 Å². The smallest absolute Gasteiger partial charge is 0.218 e. The fourth-order valence-electron chi connectivity index (χ4n) is 1.98. The van der Waals surface area contributed by atoms with E-state index in [0.717, 1.165) is 18.9 Å². The lowest BCUT2D eigenvalue weighted by Crippen LogP contribution is -2.34. The first-order chi connectivity index (χ1) is 8.32. The number of hydrogen-bond donors (Lipinski definition) is 1. The van der Waals surface area contributed by atoms with E-state index in [4.69, 9.17) is 4.74 Å². The first-order valence-electron chi connectivity index (χ1n) is 6.11. The van der Waals surface area contributed by atoms with Crippen LogP contribution in [0.5, 0.6) is 5.88 Å². The van der Waals surface area contributed by atoms with E-state index in [0.29, 0.717) is 11.7 Å². The molecule has 18 heavy (non-hydrogen) atoms. The molecular weight excluding hydrogens is 228 g/mol. The number of nitrogens with zero attached hydrogens (tertiary/aromatic N) is 3. The van der Waals surface area contributed by atoms with E-state index >= 15 is 0 Å². The maximum Gasteiger partial charge on any atom is 0.218 e. The molecule has 1 N–H and O–H groups in total. The van der Waals surface area contributed by atoms with Gasteiger partial charge >= 0.3 is 0 Å². The van der Waals surface area contributed by atoms with Gasteiger partial charge in [0.25, 0.3) is 0 Å². The fraction of sp³-hybridized carbons (Fsp3) is 0.692. The zero-order valence-corrected chi connectivity index (χ0v) is 12.2. The maximum atomic E-state index is 5.13. The molecule has 0 spiro atoms. The van der Waals surface area contributed by atoms with Gasteiger partial charge in [0, 0.05) is 19.2 Å². The molecule has 0 saturated heterocycles. The van der Waals surface area contributed by atoms with Crippen molar-refractivity contribution in [3.8, 4) is 5.88 Å². The lowest BCUT2D eigenvalue weighted by atomic mass is 9.93. The Bertz CT molecular complexity index is 391. The molecule has 0 aliphatic heterocycles. The van der Waals surface area contributed by atoms with Crippen molar-refractivity contribution >= 4 is 5.82 Å². The zero-order valence-electron chi connectivity index (χ0n) is 12.2. The van der Waals surface area contributed by atoms with Gasteiger partial charge in [-0.2, -0.15) is 4.98 Å². The zero-order chi connectivity index (χ0) is 13.8. The van der Waals surface area contributed by atoms with Crippen molar-refractivity contribution in [2.75, 3.05) is 39.6 Å². The van der Waals surface area contributed by atoms with E-state index < -0.39 is 0 Å². The van der Waals surface area contributed by atoms with Crippen LogP contribution >= 0.6 is 0 Å². The van der Waals surface area contributed by atoms with Crippen LogP contribution in [0, 0.1) is 12.3 Å². The molecule has 1 rings (SSSR count). The molecular formula is C13H24N4O. The summed E-state index contributed by atoms with van der Waals surface area (Å²) in [6, 6.07) is 1.82. The third kappa shape index (κ3) is 4.87. The largest absolute Gasteiger partial charge is 0.481 e. The summed E-state index contributed by atoms with van der Waals surface area (Å²) >= 11 is 0. The predicted molar refractivity (Wildman–Crippen MR) is 74.1 cm³/mol. The lowest BCUT2D eigenvalue weighted by molar-refractivity contribution is 0.254. The van der Waals surface area contributed by atoms with Crippen molar-refractivity contribution < 1.29 is 4.74 Å². The van der Waals surface area contributed by atoms with Gasteiger partial charge in [-0.3, -0.25) is 0 Å². The first-order valence-corrected chi connectivity index (χ1v) is 6.11. The highest BCUT2D eigenvalue weighted by Gasteiger charge is 2.18. The second-order valence-corrected chi connectivity index (χ2v) is 5.60. The molecule has 0 bridgehead atoms. The third-order valence-electron chi connectivity index (χ3n) is 2.52. The predicted octanol–water partition coefficient (Wildman–Crippen LogP) is 1.79. The fourth-order valence-corrected chi connectivity index (χ4v) is 1.98. The van der Waals surface area contributed by atoms with E-state index in [2.05, 4.69) is 48.1 Å². The normalized spacial score (nSPS) is 11.7. The quantitative estimate of drug-likeness (QED) is 0.836. The Balaban J connectivity index is 2.65. The average molecular weight is 252 g/mol. The van der Waals surface area contributed by atoms with Gasteiger partial charge in [0.2, 0.25) is 5.88 Å². The van der Waals surface area contributed by atoms with E-state index in [1.54, 1.807) is 7.11 Å². The number of rotatable bonds is 6. The summed E-state index contributed by atoms with van der Waals surface area (Å²) < 4.78 is 5.13. The summed E-state index contributed by atoms with van der Waals surface area (Å²) in [6.07, 6.45) is 0. The van der Waals surface area contributed by atoms with Gasteiger partial charge in [-0.25, -0.2) is 4.98 Å². The Labute approximate surface area is 110 Å². The van der Waals surface area contributed by atoms with Crippen LogP contribution in [0.2, 0.25) is 0 Å². The molecule has 5 nitrogen and oxygen atoms in total. The third-order valence-corrected chi connectivity index (χ3v) is 2.52. The Morgan fingerprint density at radius 2 is 2.00 bits per heavy atom. The average Bonchev–Trinajstić information content (AvgIpc) is 2.24. The molecule has 0 radical (unpaired) electrons. The van der Waals surface area contributed by atoms with Gasteiger partial charge in [0.05, 0.1) is 7.11 Å². The van der Waals surface area contributed by atoms with Crippen molar-refractivity contribution in [3.63, 3.8) is 0 Å². The second kappa shape index (κ2) is 6.00. The van der Waals surface area contributed by atoms with Crippen molar-refractivity contribution in [1.82, 2.24) is 14.9 Å². The first kappa shape index (κ1) is 14.7. The minimum atomic E-state index is 0.176. The SMILES string of the molecule is COc1cc(NCC(C)(C)CN(C)C)nc(C)n1. The number of aryl methyl sites for hydroxylation is 1. The molecule has 0 fully saturated rings. The van der Waals surface area contributed by atoms with Crippen LogP contribution in [0.25, 0.3) is 0 Å². The highest BCUT2D eigenvalue weighted by Crippen LogP contribution is 2.18. The minimum absolute atomic E-state index is 0.176. The molecule has 0 atom stereocenters. The summed E-state index contributed by atoms with van der Waals surface area (Å²) in [4.78, 5) is 10.7. The van der Waals surface area contributed by atoms with E-state index in [9.17, 15) is 0 Å². The van der Waals surface area contributed by atoms with Crippen molar-refractivity contribution in [1.29, 1.82) is 0 Å². The topological polar surface area (TPSA) is 50.3 Å². The standard InChI is InChI=1S/C13H24N4O/c1-10-15-11(7-12(16-10)18-6)14-8-13(2,3)9-17(4)5/h7H,8-9H2,1-6H3,(H,14,15,16). The summed E-state index contributed by atoms with van der Waals surface area (Å²) in [5, 5.41) is 3.35. The second-order valence-electron chi connectivity index (χ2n) is 5.60. The molecule has 1 aromatic rings. The molecule has 5 heteroatoms. The van der Waals surface area contributed by atoms with Gasteiger partial charge in [-0.05, 0) is 26.4 Å². The van der Waals surface area contributed by atoms with Crippen molar-refractivity contribution in [3.05, 3.63) is 11.9 Å². The number of hydrogen-bond acceptors (Lipinski definition) is 5. The van der Waals surface area contributed by atoms with Gasteiger partial charge in [0.15, 0.2) is 0 Å². The molecule has 0 saturated carbocycles. The van der Waals surface area contributed by atoms with Crippen LogP contribution in [-0.2, 0) is 0 Å². The highest BCUT2D eigenvalue weighted by atomic mass is 16.5. The van der Waals surface area contributed by atoms with E-state index in [1.165, 1.54) is 0 Å². The van der Waals surface area contributed by atoms with Crippen LogP contribution in [-0.4, -0.2) is 49.2 Å². The Morgan fingerprint density at radius 3 is 2.56 bits per heavy atom. The summed E-state index contributed by atoms with van der Waals surface area (Å²) in [5.41, 5.74) is 0.176. The molecule has 1 aromatic heterocycles. The lowest BCUT2D eigenvalue weighted by Gasteiger charge is -2.28. The van der Waals surface area contributed by atoms with Gasteiger partial charge < -0.3 is 15.0 Å². The minimum Gasteiger partial charge on any atom is -0.481 e. The number of anilines is 1. The Hall–Kier alpha value is -1.36. The maximum absolute atomic E-state index is 5.13. The summed E-state index contributed by atoms with van der Waals surface area (Å²) in [7, 11) is 5.78. The van der Waals surface area contributed by atoms with Gasteiger partial charge in [0.1, 0.15) is 11.6 Å². The number of aromatic nitrogens is 2.